The Morgan fingerprint density at radius 2 is 2.20 bits per heavy atom. The summed E-state index contributed by atoms with van der Waals surface area (Å²) in [6.45, 7) is 2.04. The van der Waals surface area contributed by atoms with Crippen molar-refractivity contribution in [1.29, 1.82) is 0 Å². The van der Waals surface area contributed by atoms with Crippen molar-refractivity contribution in [3.8, 4) is 11.4 Å². The SMILES string of the molecule is CCc1cnccc1-c1nccc(=O)[nH]1. The molecule has 0 aliphatic heterocycles. The van der Waals surface area contributed by atoms with Crippen LogP contribution in [0.15, 0.2) is 35.5 Å². The van der Waals surface area contributed by atoms with Crippen molar-refractivity contribution in [2.75, 3.05) is 0 Å². The lowest BCUT2D eigenvalue weighted by molar-refractivity contribution is 1.07. The number of aromatic amines is 1. The smallest absolute Gasteiger partial charge is 0.251 e. The molecule has 1 N–H and O–H groups in total. The van der Waals surface area contributed by atoms with Gasteiger partial charge in [-0.1, -0.05) is 6.92 Å². The maximum atomic E-state index is 11.2. The number of pyridine rings is 1. The van der Waals surface area contributed by atoms with E-state index in [2.05, 4.69) is 15.0 Å². The van der Waals surface area contributed by atoms with Crippen LogP contribution in [0.2, 0.25) is 0 Å². The fraction of sp³-hybridized carbons (Fsp3) is 0.182. The topological polar surface area (TPSA) is 58.6 Å². The molecule has 0 unspecified atom stereocenters. The number of aryl methyl sites for hydroxylation is 1. The van der Waals surface area contributed by atoms with Gasteiger partial charge in [0.1, 0.15) is 5.82 Å². The maximum Gasteiger partial charge on any atom is 0.251 e. The second kappa shape index (κ2) is 4.04. The highest BCUT2D eigenvalue weighted by atomic mass is 16.1. The highest BCUT2D eigenvalue weighted by Gasteiger charge is 2.04. The zero-order valence-electron chi connectivity index (χ0n) is 8.40. The zero-order valence-corrected chi connectivity index (χ0v) is 8.40. The summed E-state index contributed by atoms with van der Waals surface area (Å²) in [6, 6.07) is 3.26. The Morgan fingerprint density at radius 3 is 2.93 bits per heavy atom. The Balaban J connectivity index is 2.58. The molecule has 2 heterocycles. The predicted octanol–water partition coefficient (Wildman–Crippen LogP) is 1.39. The first-order chi connectivity index (χ1) is 7.31. The first kappa shape index (κ1) is 9.58. The van der Waals surface area contributed by atoms with E-state index in [1.807, 2.05) is 13.0 Å². The molecule has 0 saturated carbocycles. The van der Waals surface area contributed by atoms with Crippen molar-refractivity contribution >= 4 is 0 Å². The van der Waals surface area contributed by atoms with E-state index in [9.17, 15) is 4.79 Å². The predicted molar refractivity (Wildman–Crippen MR) is 57.5 cm³/mol. The van der Waals surface area contributed by atoms with Crippen molar-refractivity contribution in [3.05, 3.63) is 46.6 Å². The lowest BCUT2D eigenvalue weighted by atomic mass is 10.1. The van der Waals surface area contributed by atoms with Gasteiger partial charge in [-0.05, 0) is 18.1 Å². The highest BCUT2D eigenvalue weighted by molar-refractivity contribution is 5.58. The molecule has 0 aliphatic carbocycles. The number of aromatic nitrogens is 3. The van der Waals surface area contributed by atoms with E-state index in [-0.39, 0.29) is 5.56 Å². The van der Waals surface area contributed by atoms with Gasteiger partial charge in [-0.15, -0.1) is 0 Å². The molecule has 2 rings (SSSR count). The number of H-pyrrole nitrogens is 1. The van der Waals surface area contributed by atoms with Crippen molar-refractivity contribution in [2.45, 2.75) is 13.3 Å². The first-order valence-corrected chi connectivity index (χ1v) is 4.80. The molecule has 0 aromatic carbocycles. The summed E-state index contributed by atoms with van der Waals surface area (Å²) in [4.78, 5) is 22.0. The van der Waals surface area contributed by atoms with Crippen LogP contribution >= 0.6 is 0 Å². The maximum absolute atomic E-state index is 11.2. The molecule has 15 heavy (non-hydrogen) atoms. The molecule has 0 radical (unpaired) electrons. The van der Waals surface area contributed by atoms with E-state index in [1.54, 1.807) is 12.4 Å². The Bertz CT molecular complexity index is 519. The summed E-state index contributed by atoms with van der Waals surface area (Å²) < 4.78 is 0. The second-order valence-electron chi connectivity index (χ2n) is 3.17. The normalized spacial score (nSPS) is 10.2. The Labute approximate surface area is 87.0 Å². The van der Waals surface area contributed by atoms with Crippen LogP contribution in [-0.4, -0.2) is 15.0 Å². The first-order valence-electron chi connectivity index (χ1n) is 4.80. The molecule has 0 aliphatic rings. The molecule has 0 saturated heterocycles. The van der Waals surface area contributed by atoms with Gasteiger partial charge in [0.15, 0.2) is 0 Å². The average Bonchev–Trinajstić information content (AvgIpc) is 2.29. The fourth-order valence-corrected chi connectivity index (χ4v) is 1.45. The Kier molecular flexibility index (Phi) is 2.58. The summed E-state index contributed by atoms with van der Waals surface area (Å²) in [5, 5.41) is 0. The van der Waals surface area contributed by atoms with Crippen molar-refractivity contribution in [1.82, 2.24) is 15.0 Å². The van der Waals surface area contributed by atoms with Gasteiger partial charge < -0.3 is 4.98 Å². The number of hydrogen-bond donors (Lipinski definition) is 1. The second-order valence-corrected chi connectivity index (χ2v) is 3.17. The highest BCUT2D eigenvalue weighted by Crippen LogP contribution is 2.17. The molecule has 0 bridgehead atoms. The van der Waals surface area contributed by atoms with Crippen molar-refractivity contribution < 1.29 is 0 Å². The molecule has 0 fully saturated rings. The van der Waals surface area contributed by atoms with Crippen molar-refractivity contribution in [3.63, 3.8) is 0 Å². The monoisotopic (exact) mass is 201 g/mol. The van der Waals surface area contributed by atoms with Gasteiger partial charge in [0.05, 0.1) is 0 Å². The molecule has 2 aromatic rings. The van der Waals surface area contributed by atoms with Gasteiger partial charge in [-0.3, -0.25) is 9.78 Å². The quantitative estimate of drug-likeness (QED) is 0.798. The van der Waals surface area contributed by atoms with Gasteiger partial charge in [-0.2, -0.15) is 0 Å². The van der Waals surface area contributed by atoms with E-state index >= 15 is 0 Å². The molecule has 0 spiro atoms. The summed E-state index contributed by atoms with van der Waals surface area (Å²) >= 11 is 0. The minimum atomic E-state index is -0.140. The molecule has 2 aromatic heterocycles. The molecular weight excluding hydrogens is 190 g/mol. The minimum Gasteiger partial charge on any atom is -0.307 e. The fourth-order valence-electron chi connectivity index (χ4n) is 1.45. The molecule has 76 valence electrons. The van der Waals surface area contributed by atoms with Gasteiger partial charge in [0, 0.05) is 30.2 Å². The van der Waals surface area contributed by atoms with Crippen LogP contribution < -0.4 is 5.56 Å². The van der Waals surface area contributed by atoms with Gasteiger partial charge >= 0.3 is 0 Å². The van der Waals surface area contributed by atoms with E-state index < -0.39 is 0 Å². The van der Waals surface area contributed by atoms with Crippen LogP contribution in [0, 0.1) is 0 Å². The van der Waals surface area contributed by atoms with Crippen LogP contribution in [0.4, 0.5) is 0 Å². The average molecular weight is 201 g/mol. The van der Waals surface area contributed by atoms with Crippen LogP contribution in [0.3, 0.4) is 0 Å². The molecular formula is C11H11N3O. The summed E-state index contributed by atoms with van der Waals surface area (Å²) in [5.74, 6) is 0.599. The zero-order chi connectivity index (χ0) is 10.7. The van der Waals surface area contributed by atoms with E-state index in [1.165, 1.54) is 12.3 Å². The molecule has 4 nitrogen and oxygen atoms in total. The van der Waals surface area contributed by atoms with Crippen LogP contribution in [-0.2, 0) is 6.42 Å². The minimum absolute atomic E-state index is 0.140. The van der Waals surface area contributed by atoms with Crippen LogP contribution in [0.25, 0.3) is 11.4 Å². The van der Waals surface area contributed by atoms with E-state index in [4.69, 9.17) is 0 Å². The number of nitrogens with one attached hydrogen (secondary N) is 1. The standard InChI is InChI=1S/C11H11N3O/c1-2-8-7-12-5-3-9(8)11-13-6-4-10(15)14-11/h3-7H,2H2,1H3,(H,13,14,15). The lowest BCUT2D eigenvalue weighted by Gasteiger charge is -2.04. The summed E-state index contributed by atoms with van der Waals surface area (Å²) in [6.07, 6.45) is 5.86. The summed E-state index contributed by atoms with van der Waals surface area (Å²) in [5.41, 5.74) is 1.87. The lowest BCUT2D eigenvalue weighted by Crippen LogP contribution is -2.06. The van der Waals surface area contributed by atoms with E-state index in [0.717, 1.165) is 17.5 Å². The molecule has 0 atom stereocenters. The van der Waals surface area contributed by atoms with Crippen molar-refractivity contribution in [2.24, 2.45) is 0 Å². The van der Waals surface area contributed by atoms with Gasteiger partial charge in [0.2, 0.25) is 0 Å². The molecule has 4 heteroatoms. The number of hydrogen-bond acceptors (Lipinski definition) is 3. The number of nitrogens with zero attached hydrogens (tertiary/aromatic N) is 2. The third-order valence-electron chi connectivity index (χ3n) is 2.21. The van der Waals surface area contributed by atoms with E-state index in [0.29, 0.717) is 5.82 Å². The van der Waals surface area contributed by atoms with Gasteiger partial charge in [-0.25, -0.2) is 4.98 Å². The third kappa shape index (κ3) is 1.93. The number of rotatable bonds is 2. The van der Waals surface area contributed by atoms with Gasteiger partial charge in [0.25, 0.3) is 5.56 Å². The molecule has 0 amide bonds. The summed E-state index contributed by atoms with van der Waals surface area (Å²) in [7, 11) is 0. The third-order valence-corrected chi connectivity index (χ3v) is 2.21. The van der Waals surface area contributed by atoms with Crippen LogP contribution in [0.5, 0.6) is 0 Å². The Morgan fingerprint density at radius 1 is 1.33 bits per heavy atom. The van der Waals surface area contributed by atoms with Crippen LogP contribution in [0.1, 0.15) is 12.5 Å². The largest absolute Gasteiger partial charge is 0.307 e. The Hall–Kier alpha value is -1.97.